The summed E-state index contributed by atoms with van der Waals surface area (Å²) in [5, 5.41) is 2.23. The second-order valence-corrected chi connectivity index (χ2v) is 17.2. The molecule has 1 aliphatic carbocycles. The van der Waals surface area contributed by atoms with Gasteiger partial charge in [0.05, 0.1) is 0 Å². The number of nitrogens with zero attached hydrogens (tertiary/aromatic N) is 5. The number of fused-ring (bicyclic) bond motifs is 7. The van der Waals surface area contributed by atoms with Crippen LogP contribution >= 0.6 is 0 Å². The molecule has 0 N–H and O–H groups in total. The Morgan fingerprint density at radius 2 is 1.43 bits per heavy atom. The molecule has 11 rings (SSSR count). The van der Waals surface area contributed by atoms with Gasteiger partial charge in [-0.1, -0.05) is 113 Å². The Hall–Kier alpha value is -6.49. The van der Waals surface area contributed by atoms with Crippen molar-refractivity contribution in [1.29, 1.82) is 0 Å². The second-order valence-electron chi connectivity index (χ2n) is 17.2. The maximum absolute atomic E-state index is 6.64. The average molecular weight is 972 g/mol. The fraction of sp³-hybridized carbons (Fsp3) is 0.130. The molecule has 0 saturated heterocycles. The fourth-order valence-electron chi connectivity index (χ4n) is 9.20. The van der Waals surface area contributed by atoms with E-state index in [1.807, 2.05) is 42.9 Å². The third kappa shape index (κ3) is 6.27. The molecule has 2 aliphatic rings. The number of benzene rings is 6. The molecule has 6 nitrogen and oxygen atoms in total. The van der Waals surface area contributed by atoms with Crippen LogP contribution in [0, 0.1) is 18.8 Å². The van der Waals surface area contributed by atoms with E-state index < -0.39 is 0 Å². The Labute approximate surface area is 371 Å². The van der Waals surface area contributed by atoms with Crippen LogP contribution in [0.4, 0.5) is 22.7 Å². The number of rotatable bonds is 6. The van der Waals surface area contributed by atoms with Crippen LogP contribution in [0.1, 0.15) is 51.3 Å². The number of hydrogen-bond donors (Lipinski definition) is 0. The van der Waals surface area contributed by atoms with Gasteiger partial charge < -0.3 is 19.1 Å². The zero-order valence-corrected chi connectivity index (χ0v) is 36.8. The fourth-order valence-corrected chi connectivity index (χ4v) is 9.20. The summed E-state index contributed by atoms with van der Waals surface area (Å²) >= 11 is 0. The number of para-hydroxylation sites is 3. The van der Waals surface area contributed by atoms with Crippen LogP contribution in [-0.2, 0) is 31.9 Å². The molecule has 0 saturated carbocycles. The van der Waals surface area contributed by atoms with Crippen molar-refractivity contribution >= 4 is 44.6 Å². The molecule has 7 heteroatoms. The van der Waals surface area contributed by atoms with Crippen LogP contribution in [0.2, 0.25) is 0 Å². The summed E-state index contributed by atoms with van der Waals surface area (Å²) in [6, 6.07) is 56.3. The summed E-state index contributed by atoms with van der Waals surface area (Å²) < 4.78 is 8.84. The first-order chi connectivity index (χ1) is 29.1. The van der Waals surface area contributed by atoms with E-state index in [4.69, 9.17) is 9.72 Å². The summed E-state index contributed by atoms with van der Waals surface area (Å²) in [6.45, 7) is 13.5. The molecule has 1 aliphatic heterocycles. The number of hydrogen-bond acceptors (Lipinski definition) is 5. The van der Waals surface area contributed by atoms with Crippen molar-refractivity contribution in [3.8, 4) is 39.6 Å². The summed E-state index contributed by atoms with van der Waals surface area (Å²) in [4.78, 5) is 13.9. The van der Waals surface area contributed by atoms with Gasteiger partial charge in [0.1, 0.15) is 5.82 Å². The Balaban J connectivity index is 0.00000445. The summed E-state index contributed by atoms with van der Waals surface area (Å²) in [6.07, 6.45) is 5.69. The van der Waals surface area contributed by atoms with Crippen molar-refractivity contribution in [2.45, 2.75) is 45.4 Å². The molecule has 0 fully saturated rings. The van der Waals surface area contributed by atoms with E-state index in [2.05, 4.69) is 188 Å². The summed E-state index contributed by atoms with van der Waals surface area (Å²) in [5.74, 6) is 2.04. The molecule has 61 heavy (non-hydrogen) atoms. The van der Waals surface area contributed by atoms with E-state index in [-0.39, 0.29) is 31.9 Å². The third-order valence-corrected chi connectivity index (χ3v) is 12.2. The van der Waals surface area contributed by atoms with E-state index >= 15 is 0 Å². The van der Waals surface area contributed by atoms with Gasteiger partial charge in [0.2, 0.25) is 0 Å². The Kier molecular flexibility index (Phi) is 9.26. The predicted molar refractivity (Wildman–Crippen MR) is 244 cm³/mol. The van der Waals surface area contributed by atoms with Crippen molar-refractivity contribution in [1.82, 2.24) is 14.5 Å². The first kappa shape index (κ1) is 38.7. The molecular formula is C54H42N5OPt-3. The number of pyridine rings is 2. The maximum Gasteiger partial charge on any atom is 0.135 e. The molecule has 0 unspecified atom stereocenters. The van der Waals surface area contributed by atoms with E-state index in [1.165, 1.54) is 27.8 Å². The third-order valence-electron chi connectivity index (χ3n) is 12.2. The normalized spacial score (nSPS) is 13.9. The quantitative estimate of drug-likeness (QED) is 0.155. The topological polar surface area (TPSA) is 46.4 Å². The van der Waals surface area contributed by atoms with Crippen LogP contribution in [-0.4, -0.2) is 14.5 Å². The zero-order valence-electron chi connectivity index (χ0n) is 34.5. The van der Waals surface area contributed by atoms with Gasteiger partial charge in [-0.3, -0.25) is 4.98 Å². The molecule has 302 valence electrons. The SMILES string of the molecule is CC(C)(C)c1ccnc(-n2c3[c-]c(Oc4[c-]c(N5[CH-]N(c6c(-c7cccnc7)ccc7c6-c6ccccc6C7(C)C)c6ccccc65)ccc4)ccc3c3ccccc32)c1.[Pt]. The van der Waals surface area contributed by atoms with E-state index in [1.54, 1.807) is 0 Å². The molecule has 0 spiro atoms. The largest absolute Gasteiger partial charge is 0.509 e. The zero-order chi connectivity index (χ0) is 40.8. The van der Waals surface area contributed by atoms with Gasteiger partial charge in [-0.25, -0.2) is 4.98 Å². The molecule has 4 heterocycles. The van der Waals surface area contributed by atoms with Crippen LogP contribution < -0.4 is 14.5 Å². The second kappa shape index (κ2) is 14.6. The van der Waals surface area contributed by atoms with E-state index in [0.717, 1.165) is 61.5 Å². The van der Waals surface area contributed by atoms with E-state index in [9.17, 15) is 0 Å². The molecule has 0 bridgehead atoms. The van der Waals surface area contributed by atoms with Crippen molar-refractivity contribution < 1.29 is 25.8 Å². The Morgan fingerprint density at radius 3 is 2.25 bits per heavy atom. The number of ether oxygens (including phenoxy) is 1. The van der Waals surface area contributed by atoms with Gasteiger partial charge >= 0.3 is 0 Å². The molecule has 9 aromatic rings. The molecule has 0 radical (unpaired) electrons. The van der Waals surface area contributed by atoms with Crippen LogP contribution in [0.3, 0.4) is 0 Å². The minimum Gasteiger partial charge on any atom is -0.509 e. The standard InChI is InChI=1S/C54H42N5O.Pt/c1-53(2,3)36-27-29-56-50(30-36)59-46-20-9-7-17-41(46)42-24-23-39(32-49(42)59)60-38-16-12-15-37(31-38)57-34-58(48-22-11-10-21-47(48)57)52-40(35-14-13-28-55-33-35)25-26-45-51(52)43-18-6-8-19-44(43)54(45,4)5;/h6-30,33-34H,1-5H3;/q-3;. The minimum atomic E-state index is -0.159. The number of aromatic nitrogens is 3. The summed E-state index contributed by atoms with van der Waals surface area (Å²) in [7, 11) is 0. The molecule has 0 atom stereocenters. The van der Waals surface area contributed by atoms with Gasteiger partial charge in [0.15, 0.2) is 0 Å². The first-order valence-electron chi connectivity index (χ1n) is 20.5. The smallest absolute Gasteiger partial charge is 0.135 e. The van der Waals surface area contributed by atoms with Crippen LogP contribution in [0.25, 0.3) is 49.9 Å². The van der Waals surface area contributed by atoms with Crippen molar-refractivity contribution in [2.24, 2.45) is 0 Å². The van der Waals surface area contributed by atoms with Gasteiger partial charge in [0, 0.05) is 95.8 Å². The Bertz CT molecular complexity index is 3150. The predicted octanol–water partition coefficient (Wildman–Crippen LogP) is 13.6. The molecule has 3 aromatic heterocycles. The van der Waals surface area contributed by atoms with Gasteiger partial charge in [-0.2, -0.15) is 12.1 Å². The Morgan fingerprint density at radius 1 is 0.656 bits per heavy atom. The van der Waals surface area contributed by atoms with E-state index in [0.29, 0.717) is 11.5 Å². The number of anilines is 4. The molecule has 6 aromatic carbocycles. The van der Waals surface area contributed by atoms with Crippen molar-refractivity contribution in [3.05, 3.63) is 194 Å². The summed E-state index contributed by atoms with van der Waals surface area (Å²) in [5.41, 5.74) is 14.5. The first-order valence-corrected chi connectivity index (χ1v) is 20.5. The molecular weight excluding hydrogens is 930 g/mol. The van der Waals surface area contributed by atoms with Gasteiger partial charge in [0.25, 0.3) is 0 Å². The van der Waals surface area contributed by atoms with Crippen molar-refractivity contribution in [2.75, 3.05) is 9.80 Å². The van der Waals surface area contributed by atoms with Gasteiger partial charge in [-0.15, -0.1) is 48.1 Å². The minimum absolute atomic E-state index is 0. The average Bonchev–Trinajstić information content (AvgIpc) is 3.89. The molecule has 0 amide bonds. The van der Waals surface area contributed by atoms with Gasteiger partial charge in [-0.05, 0) is 69.5 Å². The van der Waals surface area contributed by atoms with Crippen molar-refractivity contribution in [3.63, 3.8) is 0 Å². The van der Waals surface area contributed by atoms with Crippen LogP contribution in [0.5, 0.6) is 11.5 Å². The van der Waals surface area contributed by atoms with Crippen LogP contribution in [0.15, 0.2) is 158 Å². The maximum atomic E-state index is 6.64. The monoisotopic (exact) mass is 971 g/mol.